The highest BCUT2D eigenvalue weighted by Crippen LogP contribution is 2.25. The summed E-state index contributed by atoms with van der Waals surface area (Å²) in [6.07, 6.45) is 5.83. The third-order valence-electron chi connectivity index (χ3n) is 3.80. The summed E-state index contributed by atoms with van der Waals surface area (Å²) in [5.41, 5.74) is 6.27. The third-order valence-corrected chi connectivity index (χ3v) is 4.74. The Balaban J connectivity index is 1.61. The molecule has 0 unspecified atom stereocenters. The highest BCUT2D eigenvalue weighted by atomic mass is 32.1. The normalized spacial score (nSPS) is 11.5. The molecule has 4 rings (SSSR count). The lowest BCUT2D eigenvalue weighted by molar-refractivity contribution is 0.865. The number of fused-ring (bicyclic) bond motifs is 2. The number of aromatic nitrogens is 2. The molecule has 24 heavy (non-hydrogen) atoms. The molecule has 0 aliphatic heterocycles. The topological polar surface area (TPSA) is 42.2 Å². The van der Waals surface area contributed by atoms with Gasteiger partial charge in [0.25, 0.3) is 0 Å². The number of para-hydroxylation sites is 2. The van der Waals surface area contributed by atoms with Crippen molar-refractivity contribution in [1.29, 1.82) is 0 Å². The van der Waals surface area contributed by atoms with Crippen LogP contribution in [0.5, 0.6) is 0 Å². The smallest absolute Gasteiger partial charge is 0.204 e. The molecule has 1 N–H and O–H groups in total. The second kappa shape index (κ2) is 6.29. The molecule has 0 aliphatic rings. The van der Waals surface area contributed by atoms with E-state index in [1.54, 1.807) is 11.3 Å². The van der Waals surface area contributed by atoms with Crippen molar-refractivity contribution in [2.24, 2.45) is 5.10 Å². The number of allylic oxidation sites excluding steroid dienone is 1. The van der Waals surface area contributed by atoms with Gasteiger partial charge in [-0.25, -0.2) is 4.98 Å². The summed E-state index contributed by atoms with van der Waals surface area (Å²) in [5, 5.41) is 6.33. The van der Waals surface area contributed by atoms with Crippen molar-refractivity contribution in [3.8, 4) is 0 Å². The number of benzene rings is 2. The largest absolute Gasteiger partial charge is 0.343 e. The van der Waals surface area contributed by atoms with Gasteiger partial charge in [0.1, 0.15) is 0 Å². The Labute approximate surface area is 143 Å². The minimum Gasteiger partial charge on any atom is -0.343 e. The quantitative estimate of drug-likeness (QED) is 0.321. The molecule has 0 spiro atoms. The molecule has 0 amide bonds. The average Bonchev–Trinajstić information content (AvgIpc) is 3.17. The molecule has 4 nitrogen and oxygen atoms in total. The Morgan fingerprint density at radius 1 is 1.17 bits per heavy atom. The Morgan fingerprint density at radius 3 is 2.88 bits per heavy atom. The van der Waals surface area contributed by atoms with Crippen LogP contribution in [0.25, 0.3) is 21.1 Å². The van der Waals surface area contributed by atoms with Gasteiger partial charge in [0.2, 0.25) is 5.13 Å². The zero-order valence-corrected chi connectivity index (χ0v) is 13.8. The van der Waals surface area contributed by atoms with Crippen LogP contribution in [0.2, 0.25) is 0 Å². The predicted octanol–water partition coefficient (Wildman–Crippen LogP) is 4.88. The lowest BCUT2D eigenvalue weighted by Crippen LogP contribution is -1.91. The van der Waals surface area contributed by atoms with E-state index in [0.717, 1.165) is 27.5 Å². The van der Waals surface area contributed by atoms with Crippen molar-refractivity contribution < 1.29 is 0 Å². The van der Waals surface area contributed by atoms with Gasteiger partial charge in [0, 0.05) is 29.2 Å². The summed E-state index contributed by atoms with van der Waals surface area (Å²) in [6.45, 7) is 4.60. The second-order valence-electron chi connectivity index (χ2n) is 5.40. The highest BCUT2D eigenvalue weighted by Gasteiger charge is 2.05. The molecule has 118 valence electrons. The van der Waals surface area contributed by atoms with Crippen molar-refractivity contribution in [3.05, 3.63) is 72.9 Å². The summed E-state index contributed by atoms with van der Waals surface area (Å²) in [7, 11) is 0. The summed E-state index contributed by atoms with van der Waals surface area (Å²) in [5.74, 6) is 0. The lowest BCUT2D eigenvalue weighted by atomic mass is 10.2. The van der Waals surface area contributed by atoms with Crippen molar-refractivity contribution >= 4 is 43.8 Å². The van der Waals surface area contributed by atoms with Crippen LogP contribution in [0.3, 0.4) is 0 Å². The van der Waals surface area contributed by atoms with Crippen molar-refractivity contribution in [1.82, 2.24) is 9.55 Å². The Bertz CT molecular complexity index is 1010. The maximum absolute atomic E-state index is 4.52. The number of hydrogen-bond acceptors (Lipinski definition) is 4. The molecular weight excluding hydrogens is 316 g/mol. The first-order valence-corrected chi connectivity index (χ1v) is 8.50. The fourth-order valence-electron chi connectivity index (χ4n) is 2.75. The molecule has 2 aromatic carbocycles. The van der Waals surface area contributed by atoms with Gasteiger partial charge in [-0.05, 0) is 18.2 Å². The van der Waals surface area contributed by atoms with E-state index in [0.29, 0.717) is 0 Å². The highest BCUT2D eigenvalue weighted by molar-refractivity contribution is 7.22. The predicted molar refractivity (Wildman–Crippen MR) is 103 cm³/mol. The summed E-state index contributed by atoms with van der Waals surface area (Å²) >= 11 is 1.59. The maximum atomic E-state index is 4.52. The molecule has 2 heterocycles. The third kappa shape index (κ3) is 2.70. The molecule has 0 saturated carbocycles. The number of anilines is 1. The van der Waals surface area contributed by atoms with E-state index >= 15 is 0 Å². The fraction of sp³-hybridized carbons (Fsp3) is 0.0526. The van der Waals surface area contributed by atoms with Crippen LogP contribution in [-0.2, 0) is 6.54 Å². The molecule has 0 fully saturated rings. The zero-order chi connectivity index (χ0) is 16.4. The number of hydrogen-bond donors (Lipinski definition) is 1. The van der Waals surface area contributed by atoms with Crippen molar-refractivity contribution in [2.45, 2.75) is 6.54 Å². The van der Waals surface area contributed by atoms with E-state index in [9.17, 15) is 0 Å². The molecule has 2 aromatic heterocycles. The van der Waals surface area contributed by atoms with Crippen LogP contribution in [-0.4, -0.2) is 15.8 Å². The SMILES string of the molecule is C=CCn1cc(/C=N\Nc2nc3ccccc3s2)c2ccccc21. The fourth-order valence-corrected chi connectivity index (χ4v) is 3.56. The van der Waals surface area contributed by atoms with Gasteiger partial charge in [-0.1, -0.05) is 47.7 Å². The van der Waals surface area contributed by atoms with E-state index < -0.39 is 0 Å². The minimum absolute atomic E-state index is 0.777. The second-order valence-corrected chi connectivity index (χ2v) is 6.43. The van der Waals surface area contributed by atoms with Crippen molar-refractivity contribution in [3.63, 3.8) is 0 Å². The van der Waals surface area contributed by atoms with E-state index in [1.165, 1.54) is 10.9 Å². The number of rotatable bonds is 5. The van der Waals surface area contributed by atoms with Gasteiger partial charge in [0.05, 0.1) is 16.4 Å². The Morgan fingerprint density at radius 2 is 2.00 bits per heavy atom. The Kier molecular flexibility index (Phi) is 3.84. The molecular formula is C19H16N4S. The van der Waals surface area contributed by atoms with Gasteiger partial charge >= 0.3 is 0 Å². The molecule has 0 bridgehead atoms. The number of thiazole rings is 1. The van der Waals surface area contributed by atoms with Gasteiger partial charge in [-0.3, -0.25) is 5.43 Å². The van der Waals surface area contributed by atoms with Gasteiger partial charge in [0.15, 0.2) is 0 Å². The van der Waals surface area contributed by atoms with Gasteiger partial charge in [-0.2, -0.15) is 5.10 Å². The van der Waals surface area contributed by atoms with Crippen LogP contribution in [0, 0.1) is 0 Å². The van der Waals surface area contributed by atoms with Gasteiger partial charge in [-0.15, -0.1) is 6.58 Å². The van der Waals surface area contributed by atoms with E-state index in [4.69, 9.17) is 0 Å². The van der Waals surface area contributed by atoms with Crippen molar-refractivity contribution in [2.75, 3.05) is 5.43 Å². The van der Waals surface area contributed by atoms with Gasteiger partial charge < -0.3 is 4.57 Å². The summed E-state index contributed by atoms with van der Waals surface area (Å²) in [4.78, 5) is 4.52. The number of nitrogens with one attached hydrogen (secondary N) is 1. The first-order chi connectivity index (χ1) is 11.8. The van der Waals surface area contributed by atoms with Crippen LogP contribution in [0.4, 0.5) is 5.13 Å². The van der Waals surface area contributed by atoms with E-state index in [-0.39, 0.29) is 0 Å². The first-order valence-electron chi connectivity index (χ1n) is 7.68. The first kappa shape index (κ1) is 14.7. The average molecular weight is 332 g/mol. The summed E-state index contributed by atoms with van der Waals surface area (Å²) < 4.78 is 3.32. The number of hydrazone groups is 1. The Hall–Kier alpha value is -2.92. The zero-order valence-electron chi connectivity index (χ0n) is 13.0. The minimum atomic E-state index is 0.777. The molecule has 5 heteroatoms. The molecule has 0 atom stereocenters. The molecule has 0 aliphatic carbocycles. The standard InChI is InChI=1S/C19H16N4S/c1-2-11-23-13-14(15-7-3-5-9-17(15)23)12-20-22-19-21-16-8-4-6-10-18(16)24-19/h2-10,12-13H,1,11H2,(H,21,22)/b20-12-. The number of nitrogens with zero attached hydrogens (tertiary/aromatic N) is 3. The van der Waals surface area contributed by atoms with Crippen LogP contribution in [0.15, 0.2) is 72.5 Å². The molecule has 0 saturated heterocycles. The molecule has 4 aromatic rings. The van der Waals surface area contributed by atoms with Crippen LogP contribution >= 0.6 is 11.3 Å². The van der Waals surface area contributed by atoms with E-state index in [2.05, 4.69) is 51.1 Å². The lowest BCUT2D eigenvalue weighted by Gasteiger charge is -1.98. The molecule has 0 radical (unpaired) electrons. The van der Waals surface area contributed by atoms with Crippen LogP contribution in [0.1, 0.15) is 5.56 Å². The van der Waals surface area contributed by atoms with Crippen LogP contribution < -0.4 is 5.43 Å². The monoisotopic (exact) mass is 332 g/mol. The maximum Gasteiger partial charge on any atom is 0.204 e. The summed E-state index contributed by atoms with van der Waals surface area (Å²) in [6, 6.07) is 16.4. The van der Waals surface area contributed by atoms with E-state index in [1.807, 2.05) is 42.6 Å².